The summed E-state index contributed by atoms with van der Waals surface area (Å²) in [6.07, 6.45) is 3.61. The van der Waals surface area contributed by atoms with Gasteiger partial charge in [0, 0.05) is 32.2 Å². The predicted molar refractivity (Wildman–Crippen MR) is 92.3 cm³/mol. The Morgan fingerprint density at radius 3 is 2.48 bits per heavy atom. The molecule has 1 saturated heterocycles. The Balaban J connectivity index is 0.00000200. The topological polar surface area (TPSA) is 15.3 Å². The number of benzene rings is 1. The van der Waals surface area contributed by atoms with E-state index in [0.29, 0.717) is 6.04 Å². The third-order valence-electron chi connectivity index (χ3n) is 4.01. The van der Waals surface area contributed by atoms with Gasteiger partial charge in [-0.2, -0.15) is 0 Å². The molecule has 122 valence electrons. The van der Waals surface area contributed by atoms with Crippen LogP contribution in [0.2, 0.25) is 0 Å². The maximum Gasteiger partial charge on any atom is 0.123 e. The van der Waals surface area contributed by atoms with E-state index in [2.05, 4.69) is 17.1 Å². The van der Waals surface area contributed by atoms with Crippen molar-refractivity contribution in [3.05, 3.63) is 35.1 Å². The van der Waals surface area contributed by atoms with Crippen molar-refractivity contribution in [2.45, 2.75) is 39.2 Å². The molecule has 0 amide bonds. The molecule has 0 aromatic heterocycles. The van der Waals surface area contributed by atoms with Crippen LogP contribution in [0, 0.1) is 12.7 Å². The fourth-order valence-corrected chi connectivity index (χ4v) is 2.94. The summed E-state index contributed by atoms with van der Waals surface area (Å²) in [6, 6.07) is 5.69. The normalized spacial score (nSPS) is 16.7. The summed E-state index contributed by atoms with van der Waals surface area (Å²) in [5.41, 5.74) is 2.39. The van der Waals surface area contributed by atoms with Crippen LogP contribution in [0.5, 0.6) is 0 Å². The first-order valence-corrected chi connectivity index (χ1v) is 7.43. The molecule has 0 saturated carbocycles. The van der Waals surface area contributed by atoms with Gasteiger partial charge in [-0.3, -0.25) is 4.90 Å². The van der Waals surface area contributed by atoms with E-state index >= 15 is 0 Å². The minimum atomic E-state index is -0.129. The number of nitrogens with zero attached hydrogens (tertiary/aromatic N) is 1. The second kappa shape index (κ2) is 10.4. The number of nitrogens with one attached hydrogen (secondary N) is 1. The van der Waals surface area contributed by atoms with Crippen molar-refractivity contribution in [1.82, 2.24) is 10.2 Å². The Morgan fingerprint density at radius 1 is 1.24 bits per heavy atom. The molecule has 0 spiro atoms. The van der Waals surface area contributed by atoms with E-state index in [1.54, 1.807) is 12.1 Å². The Labute approximate surface area is 140 Å². The molecule has 0 unspecified atom stereocenters. The molecule has 0 aliphatic carbocycles. The van der Waals surface area contributed by atoms with E-state index < -0.39 is 0 Å². The Hall–Kier alpha value is -0.350. The van der Waals surface area contributed by atoms with Crippen LogP contribution in [0.3, 0.4) is 0 Å². The predicted octanol–water partition coefficient (Wildman–Crippen LogP) is 4.11. The first kappa shape index (κ1) is 20.6. The molecule has 1 fully saturated rings. The third-order valence-corrected chi connectivity index (χ3v) is 4.01. The number of halogens is 3. The molecule has 1 atom stereocenters. The van der Waals surface area contributed by atoms with Crippen molar-refractivity contribution in [2.24, 2.45) is 0 Å². The minimum absolute atomic E-state index is 0. The van der Waals surface area contributed by atoms with E-state index in [4.69, 9.17) is 0 Å². The smallest absolute Gasteiger partial charge is 0.123 e. The van der Waals surface area contributed by atoms with Crippen molar-refractivity contribution >= 4 is 24.8 Å². The lowest BCUT2D eigenvalue weighted by Gasteiger charge is -2.36. The lowest BCUT2D eigenvalue weighted by atomic mass is 9.95. The van der Waals surface area contributed by atoms with Crippen molar-refractivity contribution in [2.75, 3.05) is 26.2 Å². The number of aryl methyl sites for hydroxylation is 1. The minimum Gasteiger partial charge on any atom is -0.314 e. The Morgan fingerprint density at radius 2 is 1.90 bits per heavy atom. The lowest BCUT2D eigenvalue weighted by Crippen LogP contribution is -2.45. The highest BCUT2D eigenvalue weighted by Crippen LogP contribution is 2.29. The molecule has 1 heterocycles. The molecule has 5 heteroatoms. The number of rotatable bonds is 5. The highest BCUT2D eigenvalue weighted by Gasteiger charge is 2.22. The maximum absolute atomic E-state index is 13.3. The van der Waals surface area contributed by atoms with Crippen LogP contribution in [-0.4, -0.2) is 31.1 Å². The second-order valence-electron chi connectivity index (χ2n) is 5.44. The maximum atomic E-state index is 13.3. The third kappa shape index (κ3) is 5.74. The van der Waals surface area contributed by atoms with Crippen LogP contribution in [-0.2, 0) is 0 Å². The molecular weight excluding hydrogens is 310 g/mol. The molecule has 2 nitrogen and oxygen atoms in total. The van der Waals surface area contributed by atoms with Gasteiger partial charge in [0.05, 0.1) is 0 Å². The molecular formula is C16H27Cl2FN2. The van der Waals surface area contributed by atoms with Crippen LogP contribution in [0.1, 0.15) is 43.4 Å². The van der Waals surface area contributed by atoms with E-state index in [1.165, 1.54) is 24.8 Å². The molecule has 1 N–H and O–H groups in total. The molecule has 0 bridgehead atoms. The van der Waals surface area contributed by atoms with Crippen molar-refractivity contribution < 1.29 is 4.39 Å². The van der Waals surface area contributed by atoms with Gasteiger partial charge in [0.15, 0.2) is 0 Å². The van der Waals surface area contributed by atoms with E-state index in [9.17, 15) is 4.39 Å². The average molecular weight is 337 g/mol. The fourth-order valence-electron chi connectivity index (χ4n) is 2.94. The molecule has 0 radical (unpaired) electrons. The van der Waals surface area contributed by atoms with E-state index in [-0.39, 0.29) is 30.6 Å². The highest BCUT2D eigenvalue weighted by molar-refractivity contribution is 5.85. The van der Waals surface area contributed by atoms with Gasteiger partial charge < -0.3 is 5.32 Å². The zero-order chi connectivity index (χ0) is 13.7. The van der Waals surface area contributed by atoms with Crippen molar-refractivity contribution in [3.63, 3.8) is 0 Å². The SMILES string of the molecule is CCCC[C@@H](c1ccc(F)cc1C)N1CCNCC1.Cl.Cl. The zero-order valence-corrected chi connectivity index (χ0v) is 14.5. The molecule has 21 heavy (non-hydrogen) atoms. The van der Waals surface area contributed by atoms with Crippen LogP contribution in [0.4, 0.5) is 4.39 Å². The monoisotopic (exact) mass is 336 g/mol. The Bertz CT molecular complexity index is 409. The Kier molecular flexibility index (Phi) is 10.2. The molecule has 1 aliphatic heterocycles. The molecule has 2 rings (SSSR count). The van der Waals surface area contributed by atoms with Crippen LogP contribution < -0.4 is 5.32 Å². The summed E-state index contributed by atoms with van der Waals surface area (Å²) in [4.78, 5) is 2.55. The standard InChI is InChI=1S/C16H25FN2.2ClH/c1-3-4-5-16(19-10-8-18-9-11-19)15-7-6-14(17)12-13(15)2;;/h6-7,12,16,18H,3-5,8-11H2,1-2H3;2*1H/t16-;;/m0../s1. The molecule has 1 aliphatic rings. The summed E-state index contributed by atoms with van der Waals surface area (Å²) in [5.74, 6) is -0.129. The molecule has 1 aromatic carbocycles. The van der Waals surface area contributed by atoms with Crippen LogP contribution in [0.15, 0.2) is 18.2 Å². The van der Waals surface area contributed by atoms with Gasteiger partial charge in [0.1, 0.15) is 5.82 Å². The summed E-state index contributed by atoms with van der Waals surface area (Å²) >= 11 is 0. The zero-order valence-electron chi connectivity index (χ0n) is 12.9. The lowest BCUT2D eigenvalue weighted by molar-refractivity contribution is 0.162. The van der Waals surface area contributed by atoms with Gasteiger partial charge in [-0.05, 0) is 36.6 Å². The number of unbranched alkanes of at least 4 members (excludes halogenated alkanes) is 1. The van der Waals surface area contributed by atoms with Gasteiger partial charge in [-0.25, -0.2) is 4.39 Å². The van der Waals surface area contributed by atoms with Crippen LogP contribution >= 0.6 is 24.8 Å². The van der Waals surface area contributed by atoms with Crippen molar-refractivity contribution in [1.29, 1.82) is 0 Å². The van der Waals surface area contributed by atoms with Gasteiger partial charge >= 0.3 is 0 Å². The van der Waals surface area contributed by atoms with E-state index in [1.807, 2.05) is 13.0 Å². The average Bonchev–Trinajstić information content (AvgIpc) is 2.42. The number of piperazine rings is 1. The fraction of sp³-hybridized carbons (Fsp3) is 0.625. The van der Waals surface area contributed by atoms with Gasteiger partial charge in [-0.1, -0.05) is 25.8 Å². The number of hydrogen-bond donors (Lipinski definition) is 1. The number of hydrogen-bond acceptors (Lipinski definition) is 2. The van der Waals surface area contributed by atoms with Gasteiger partial charge in [0.25, 0.3) is 0 Å². The highest BCUT2D eigenvalue weighted by atomic mass is 35.5. The quantitative estimate of drug-likeness (QED) is 0.870. The summed E-state index contributed by atoms with van der Waals surface area (Å²) < 4.78 is 13.3. The molecule has 1 aromatic rings. The first-order valence-electron chi connectivity index (χ1n) is 7.43. The summed E-state index contributed by atoms with van der Waals surface area (Å²) in [7, 11) is 0. The van der Waals surface area contributed by atoms with Crippen LogP contribution in [0.25, 0.3) is 0 Å². The first-order chi connectivity index (χ1) is 9.22. The summed E-state index contributed by atoms with van der Waals surface area (Å²) in [6.45, 7) is 8.55. The van der Waals surface area contributed by atoms with Crippen molar-refractivity contribution in [3.8, 4) is 0 Å². The van der Waals surface area contributed by atoms with Gasteiger partial charge in [0.2, 0.25) is 0 Å². The largest absolute Gasteiger partial charge is 0.314 e. The van der Waals surface area contributed by atoms with E-state index in [0.717, 1.165) is 31.7 Å². The summed E-state index contributed by atoms with van der Waals surface area (Å²) in [5, 5.41) is 3.40. The van der Waals surface area contributed by atoms with Gasteiger partial charge in [-0.15, -0.1) is 24.8 Å². The second-order valence-corrected chi connectivity index (χ2v) is 5.44.